The number of nitrogens with zero attached hydrogens (tertiary/aromatic N) is 1. The molecule has 3 aromatic rings. The van der Waals surface area contributed by atoms with Crippen molar-refractivity contribution in [3.63, 3.8) is 0 Å². The molecule has 0 spiro atoms. The zero-order chi connectivity index (χ0) is 16.1. The number of carbonyl (C=O) groups excluding carboxylic acids is 1. The molecule has 3 rings (SSSR count). The number of H-pyrrole nitrogens is 1. The average molecular weight is 307 g/mol. The predicted molar refractivity (Wildman–Crippen MR) is 88.2 cm³/mol. The number of hydrogen-bond acceptors (Lipinski definition) is 3. The van der Waals surface area contributed by atoms with E-state index in [0.29, 0.717) is 17.8 Å². The molecule has 1 aromatic heterocycles. The highest BCUT2D eigenvalue weighted by atomic mass is 16.5. The van der Waals surface area contributed by atoms with Gasteiger partial charge in [0.1, 0.15) is 5.75 Å². The van der Waals surface area contributed by atoms with Crippen LogP contribution in [0.4, 0.5) is 0 Å². The lowest BCUT2D eigenvalue weighted by Gasteiger charge is -2.07. The van der Waals surface area contributed by atoms with Gasteiger partial charge in [-0.2, -0.15) is 5.10 Å². The number of methoxy groups -OCH3 is 1. The number of aromatic nitrogens is 2. The summed E-state index contributed by atoms with van der Waals surface area (Å²) in [4.78, 5) is 12.4. The van der Waals surface area contributed by atoms with Gasteiger partial charge in [0.2, 0.25) is 0 Å². The van der Waals surface area contributed by atoms with Crippen molar-refractivity contribution in [2.75, 3.05) is 7.11 Å². The topological polar surface area (TPSA) is 67.0 Å². The summed E-state index contributed by atoms with van der Waals surface area (Å²) in [6.45, 7) is 0.479. The third kappa shape index (κ3) is 3.40. The van der Waals surface area contributed by atoms with Crippen LogP contribution in [0.25, 0.3) is 11.3 Å². The van der Waals surface area contributed by atoms with E-state index in [1.54, 1.807) is 13.3 Å². The molecule has 1 amide bonds. The second kappa shape index (κ2) is 6.79. The van der Waals surface area contributed by atoms with Gasteiger partial charge in [0.15, 0.2) is 0 Å². The Bertz CT molecular complexity index is 780. The molecule has 0 bridgehead atoms. The zero-order valence-corrected chi connectivity index (χ0v) is 12.7. The lowest BCUT2D eigenvalue weighted by atomic mass is 10.1. The fourth-order valence-corrected chi connectivity index (χ4v) is 2.31. The summed E-state index contributed by atoms with van der Waals surface area (Å²) >= 11 is 0. The van der Waals surface area contributed by atoms with E-state index < -0.39 is 0 Å². The molecule has 0 atom stereocenters. The van der Waals surface area contributed by atoms with Gasteiger partial charge in [0.05, 0.1) is 24.6 Å². The minimum Gasteiger partial charge on any atom is -0.497 e. The molecule has 116 valence electrons. The third-order valence-corrected chi connectivity index (χ3v) is 3.56. The highest BCUT2D eigenvalue weighted by molar-refractivity contribution is 5.99. The van der Waals surface area contributed by atoms with Gasteiger partial charge in [-0.15, -0.1) is 0 Å². The van der Waals surface area contributed by atoms with Gasteiger partial charge < -0.3 is 10.1 Å². The lowest BCUT2D eigenvalue weighted by molar-refractivity contribution is 0.0951. The number of amides is 1. The van der Waals surface area contributed by atoms with Gasteiger partial charge in [-0.25, -0.2) is 0 Å². The molecule has 0 radical (unpaired) electrons. The second-order valence-electron chi connectivity index (χ2n) is 5.06. The van der Waals surface area contributed by atoms with Crippen LogP contribution < -0.4 is 10.1 Å². The van der Waals surface area contributed by atoms with E-state index in [-0.39, 0.29) is 5.91 Å². The molecule has 0 aliphatic carbocycles. The zero-order valence-electron chi connectivity index (χ0n) is 12.7. The van der Waals surface area contributed by atoms with E-state index in [4.69, 9.17) is 4.74 Å². The molecule has 23 heavy (non-hydrogen) atoms. The summed E-state index contributed by atoms with van der Waals surface area (Å²) in [6, 6.07) is 17.3. The summed E-state index contributed by atoms with van der Waals surface area (Å²) in [5, 5.41) is 9.80. The first-order valence-electron chi connectivity index (χ1n) is 7.28. The lowest BCUT2D eigenvalue weighted by Crippen LogP contribution is -2.22. The molecular formula is C18H17N3O2. The molecule has 0 aliphatic heterocycles. The normalized spacial score (nSPS) is 10.3. The van der Waals surface area contributed by atoms with Crippen LogP contribution in [0.2, 0.25) is 0 Å². The molecule has 0 saturated heterocycles. The van der Waals surface area contributed by atoms with Gasteiger partial charge in [-0.1, -0.05) is 30.3 Å². The molecule has 5 nitrogen and oxygen atoms in total. The minimum absolute atomic E-state index is 0.159. The number of nitrogens with one attached hydrogen (secondary N) is 2. The van der Waals surface area contributed by atoms with E-state index in [9.17, 15) is 4.79 Å². The van der Waals surface area contributed by atoms with Crippen molar-refractivity contribution in [3.05, 3.63) is 71.9 Å². The first kappa shape index (κ1) is 14.8. The van der Waals surface area contributed by atoms with E-state index in [0.717, 1.165) is 16.9 Å². The standard InChI is InChI=1S/C18H17N3O2/c1-23-15-9-7-14(8-10-15)17-16(12-20-21-17)18(22)19-11-13-5-3-2-4-6-13/h2-10,12H,11H2,1H3,(H,19,22)(H,20,21). The Labute approximate surface area is 134 Å². The summed E-state index contributed by atoms with van der Waals surface area (Å²) < 4.78 is 5.15. The maximum absolute atomic E-state index is 12.4. The van der Waals surface area contributed by atoms with Crippen molar-refractivity contribution in [1.29, 1.82) is 0 Å². The molecule has 2 aromatic carbocycles. The number of carbonyl (C=O) groups is 1. The maximum atomic E-state index is 12.4. The first-order valence-corrected chi connectivity index (χ1v) is 7.28. The molecule has 5 heteroatoms. The first-order chi connectivity index (χ1) is 11.3. The summed E-state index contributed by atoms with van der Waals surface area (Å²) in [6.07, 6.45) is 1.54. The van der Waals surface area contributed by atoms with E-state index in [2.05, 4.69) is 15.5 Å². The maximum Gasteiger partial charge on any atom is 0.255 e. The van der Waals surface area contributed by atoms with Crippen molar-refractivity contribution in [3.8, 4) is 17.0 Å². The van der Waals surface area contributed by atoms with Crippen LogP contribution in [0.3, 0.4) is 0 Å². The molecular weight excluding hydrogens is 290 g/mol. The smallest absolute Gasteiger partial charge is 0.255 e. The van der Waals surface area contributed by atoms with Gasteiger partial charge in [0.25, 0.3) is 5.91 Å². The van der Waals surface area contributed by atoms with E-state index >= 15 is 0 Å². The molecule has 0 saturated carbocycles. The highest BCUT2D eigenvalue weighted by Gasteiger charge is 2.15. The Morgan fingerprint density at radius 1 is 1.13 bits per heavy atom. The van der Waals surface area contributed by atoms with Crippen molar-refractivity contribution in [1.82, 2.24) is 15.5 Å². The summed E-state index contributed by atoms with van der Waals surface area (Å²) in [7, 11) is 1.62. The molecule has 0 unspecified atom stereocenters. The fourth-order valence-electron chi connectivity index (χ4n) is 2.31. The quantitative estimate of drug-likeness (QED) is 0.761. The van der Waals surface area contributed by atoms with Crippen LogP contribution in [0, 0.1) is 0 Å². The van der Waals surface area contributed by atoms with Gasteiger partial charge in [-0.3, -0.25) is 9.89 Å². The number of ether oxygens (including phenoxy) is 1. The van der Waals surface area contributed by atoms with Crippen LogP contribution in [0.5, 0.6) is 5.75 Å². The van der Waals surface area contributed by atoms with Crippen LogP contribution in [0.15, 0.2) is 60.8 Å². The Kier molecular flexibility index (Phi) is 4.38. The monoisotopic (exact) mass is 307 g/mol. The van der Waals surface area contributed by atoms with Crippen LogP contribution in [-0.4, -0.2) is 23.2 Å². The highest BCUT2D eigenvalue weighted by Crippen LogP contribution is 2.23. The molecule has 2 N–H and O–H groups in total. The van der Waals surface area contributed by atoms with Crippen LogP contribution in [0.1, 0.15) is 15.9 Å². The Balaban J connectivity index is 1.75. The summed E-state index contributed by atoms with van der Waals surface area (Å²) in [5.74, 6) is 0.608. The van der Waals surface area contributed by atoms with Crippen LogP contribution in [-0.2, 0) is 6.54 Å². The molecule has 1 heterocycles. The largest absolute Gasteiger partial charge is 0.497 e. The van der Waals surface area contributed by atoms with E-state index in [1.807, 2.05) is 54.6 Å². The fraction of sp³-hybridized carbons (Fsp3) is 0.111. The number of rotatable bonds is 5. The van der Waals surface area contributed by atoms with E-state index in [1.165, 1.54) is 0 Å². The molecule has 0 fully saturated rings. The number of aromatic amines is 1. The molecule has 0 aliphatic rings. The SMILES string of the molecule is COc1ccc(-c2[nH]ncc2C(=O)NCc2ccccc2)cc1. The van der Waals surface area contributed by atoms with Crippen molar-refractivity contribution in [2.45, 2.75) is 6.54 Å². The van der Waals surface area contributed by atoms with Crippen molar-refractivity contribution in [2.24, 2.45) is 0 Å². The second-order valence-corrected chi connectivity index (χ2v) is 5.06. The Morgan fingerprint density at radius 3 is 2.57 bits per heavy atom. The average Bonchev–Trinajstić information content (AvgIpc) is 3.10. The Hall–Kier alpha value is -3.08. The summed E-state index contributed by atoms with van der Waals surface area (Å²) in [5.41, 5.74) is 3.15. The minimum atomic E-state index is -0.159. The number of benzene rings is 2. The van der Waals surface area contributed by atoms with Crippen LogP contribution >= 0.6 is 0 Å². The van der Waals surface area contributed by atoms with Crippen molar-refractivity contribution >= 4 is 5.91 Å². The third-order valence-electron chi connectivity index (χ3n) is 3.56. The number of hydrogen-bond donors (Lipinski definition) is 2. The Morgan fingerprint density at radius 2 is 1.87 bits per heavy atom. The van der Waals surface area contributed by atoms with Gasteiger partial charge in [-0.05, 0) is 29.8 Å². The predicted octanol–water partition coefficient (Wildman–Crippen LogP) is 3.02. The van der Waals surface area contributed by atoms with Gasteiger partial charge >= 0.3 is 0 Å². The van der Waals surface area contributed by atoms with Gasteiger partial charge in [0, 0.05) is 12.1 Å². The van der Waals surface area contributed by atoms with Crippen molar-refractivity contribution < 1.29 is 9.53 Å².